The molecule has 30 nitrogen and oxygen atoms in total. The van der Waals surface area contributed by atoms with Gasteiger partial charge in [-0.15, -0.1) is 0 Å². The van der Waals surface area contributed by atoms with Crippen LogP contribution in [0.15, 0.2) is 0 Å². The van der Waals surface area contributed by atoms with Gasteiger partial charge in [-0.05, 0) is 0 Å². The number of carboxylic acids is 2. The molecular formula is C36H59N3O27. The highest BCUT2D eigenvalue weighted by Crippen LogP contribution is 2.39. The van der Waals surface area contributed by atoms with Crippen LogP contribution in [0, 0.1) is 0 Å². The van der Waals surface area contributed by atoms with Gasteiger partial charge in [0.1, 0.15) is 85.4 Å². The van der Waals surface area contributed by atoms with E-state index in [1.165, 1.54) is 0 Å². The van der Waals surface area contributed by atoms with Crippen LogP contribution in [0.3, 0.4) is 0 Å². The number of nitrogens with one attached hydrogen (secondary N) is 3. The molecule has 4 aliphatic rings. The molecule has 0 unspecified atom stereocenters. The number of carbonyl (C=O) groups is 5. The summed E-state index contributed by atoms with van der Waals surface area (Å²) in [5, 5.41) is 167. The van der Waals surface area contributed by atoms with E-state index in [2.05, 4.69) is 16.0 Å². The quantitative estimate of drug-likeness (QED) is 0.0571. The van der Waals surface area contributed by atoms with Gasteiger partial charge in [0.15, 0.2) is 12.6 Å². The van der Waals surface area contributed by atoms with Gasteiger partial charge in [0.2, 0.25) is 17.7 Å². The Morgan fingerprint density at radius 1 is 0.621 bits per heavy atom. The number of aliphatic carboxylic acids is 2. The largest absolute Gasteiger partial charge is 0.477 e. The molecule has 22 atom stereocenters. The molecule has 4 fully saturated rings. The van der Waals surface area contributed by atoms with Crippen molar-refractivity contribution in [2.75, 3.05) is 26.4 Å². The topological polar surface area (TPSA) is 490 Å². The molecule has 0 aromatic rings. The van der Waals surface area contributed by atoms with Crippen LogP contribution >= 0.6 is 0 Å². The Hall–Kier alpha value is -3.45. The van der Waals surface area contributed by atoms with Crippen molar-refractivity contribution in [3.63, 3.8) is 0 Å². The lowest BCUT2D eigenvalue weighted by Crippen LogP contribution is -2.71. The number of hydrogen-bond donors (Lipinski definition) is 18. The third-order valence-electron chi connectivity index (χ3n) is 11.4. The number of amides is 3. The van der Waals surface area contributed by atoms with Crippen molar-refractivity contribution in [2.45, 2.75) is 167 Å². The summed E-state index contributed by atoms with van der Waals surface area (Å²) in [5.41, 5.74) is 0. The molecule has 0 bridgehead atoms. The van der Waals surface area contributed by atoms with Crippen molar-refractivity contribution in [2.24, 2.45) is 0 Å². The van der Waals surface area contributed by atoms with Gasteiger partial charge in [-0.2, -0.15) is 0 Å². The van der Waals surface area contributed by atoms with Gasteiger partial charge in [-0.3, -0.25) is 14.4 Å². The zero-order valence-electron chi connectivity index (χ0n) is 35.4. The second-order valence-corrected chi connectivity index (χ2v) is 16.2. The van der Waals surface area contributed by atoms with Crippen LogP contribution in [0.4, 0.5) is 0 Å². The van der Waals surface area contributed by atoms with Gasteiger partial charge >= 0.3 is 11.9 Å². The van der Waals surface area contributed by atoms with E-state index < -0.39 is 203 Å². The first kappa shape index (κ1) is 55.1. The zero-order valence-corrected chi connectivity index (χ0v) is 35.4. The van der Waals surface area contributed by atoms with Crippen LogP contribution < -0.4 is 16.0 Å². The molecule has 3 amide bonds. The van der Waals surface area contributed by atoms with E-state index in [1.54, 1.807) is 0 Å². The molecule has 18 N–H and O–H groups in total. The average Bonchev–Trinajstić information content (AvgIpc) is 3.24. The SMILES string of the molecule is CC(=O)N[C@@H]1[C@@H](O[C@@H]2O[C@H](CO)[C@H](O)[C@H](O[C@]3(C(=O)O)C[C@H](O)[C@@H](NC(C)=O)[C@H]([C@H](O)[C@H](O)CO[C@]4(C(=O)O)C[C@H](O)[C@@H](NC(C)=O)[C@H]([C@H](O)[C@H](O)CO)O4)O3)[C@H]2O)[C@H](O)[C@@H](CO)O[C@H]1O. The van der Waals surface area contributed by atoms with Crippen molar-refractivity contribution >= 4 is 29.7 Å². The van der Waals surface area contributed by atoms with Gasteiger partial charge < -0.3 is 126 Å². The number of carbonyl (C=O) groups excluding carboxylic acids is 3. The molecular weight excluding hydrogens is 906 g/mol. The highest BCUT2D eigenvalue weighted by atomic mass is 16.8. The lowest BCUT2D eigenvalue weighted by molar-refractivity contribution is -0.381. The monoisotopic (exact) mass is 965 g/mol. The lowest BCUT2D eigenvalue weighted by atomic mass is 9.87. The summed E-state index contributed by atoms with van der Waals surface area (Å²) in [6, 6.07) is -5.10. The lowest BCUT2D eigenvalue weighted by Gasteiger charge is -2.51. The van der Waals surface area contributed by atoms with Crippen LogP contribution in [-0.2, 0) is 57.1 Å². The highest BCUT2D eigenvalue weighted by Gasteiger charge is 2.61. The number of ether oxygens (including phenoxy) is 7. The highest BCUT2D eigenvalue weighted by molar-refractivity contribution is 5.77. The summed E-state index contributed by atoms with van der Waals surface area (Å²) in [7, 11) is 0. The third-order valence-corrected chi connectivity index (χ3v) is 11.4. The van der Waals surface area contributed by atoms with Crippen molar-refractivity contribution in [1.29, 1.82) is 0 Å². The number of rotatable bonds is 19. The van der Waals surface area contributed by atoms with E-state index in [1.807, 2.05) is 0 Å². The minimum atomic E-state index is -3.31. The third kappa shape index (κ3) is 12.0. The van der Waals surface area contributed by atoms with Gasteiger partial charge in [-0.25, -0.2) is 9.59 Å². The summed E-state index contributed by atoms with van der Waals surface area (Å²) in [6.07, 6.45) is -37.9. The van der Waals surface area contributed by atoms with E-state index in [9.17, 15) is 101 Å². The summed E-state index contributed by atoms with van der Waals surface area (Å²) >= 11 is 0. The standard InChI is InChI=1S/C36H59N3O27/c1-10(43)37-19-13(46)4-35(33(56)57,64-28(19)22(50)15(48)6-40)60-9-16(49)23(51)29-20(38-11(2)44)14(47)5-36(65-29,34(58)59)66-30-25(53)18(8-42)62-32(26(30)54)63-27-21(39-12(3)45)31(55)61-17(7-41)24(27)52/h13-32,40-42,46-55H,4-9H2,1-3H3,(H,37,43)(H,38,44)(H,39,45)(H,56,57)(H,58,59)/t13-,14-,15+,16+,17+,18+,19+,20+,21+,22+,23+,24+,25-,26+,27+,28+,29+,30-,31+,32-,35+,36-/m0/s1. The molecule has 0 saturated carbocycles. The van der Waals surface area contributed by atoms with E-state index in [-0.39, 0.29) is 0 Å². The number of hydrogen-bond acceptors (Lipinski definition) is 25. The van der Waals surface area contributed by atoms with Crippen molar-refractivity contribution in [3.05, 3.63) is 0 Å². The Bertz CT molecular complexity index is 1680. The summed E-state index contributed by atoms with van der Waals surface area (Å²) < 4.78 is 38.5. The van der Waals surface area contributed by atoms with E-state index in [4.69, 9.17) is 33.2 Å². The minimum Gasteiger partial charge on any atom is -0.477 e. The van der Waals surface area contributed by atoms with E-state index in [0.717, 1.165) is 20.8 Å². The second kappa shape index (κ2) is 22.8. The van der Waals surface area contributed by atoms with Crippen LogP contribution in [0.5, 0.6) is 0 Å². The predicted molar refractivity (Wildman–Crippen MR) is 203 cm³/mol. The Labute approximate surface area is 373 Å². The Morgan fingerprint density at radius 2 is 1.06 bits per heavy atom. The second-order valence-electron chi connectivity index (χ2n) is 16.2. The normalized spacial score (nSPS) is 41.4. The zero-order chi connectivity index (χ0) is 49.7. The van der Waals surface area contributed by atoms with Crippen molar-refractivity contribution in [3.8, 4) is 0 Å². The maximum absolute atomic E-state index is 13.1. The Morgan fingerprint density at radius 3 is 1.53 bits per heavy atom. The molecule has 4 aliphatic heterocycles. The molecule has 0 aromatic heterocycles. The fraction of sp³-hybridized carbons (Fsp3) is 0.861. The van der Waals surface area contributed by atoms with Crippen LogP contribution in [0.2, 0.25) is 0 Å². The van der Waals surface area contributed by atoms with E-state index in [0.29, 0.717) is 0 Å². The Kier molecular flexibility index (Phi) is 19.0. The first-order valence-corrected chi connectivity index (χ1v) is 20.3. The molecule has 0 spiro atoms. The molecule has 380 valence electrons. The molecule has 4 rings (SSSR count). The van der Waals surface area contributed by atoms with Crippen molar-refractivity contribution < 1.29 is 134 Å². The van der Waals surface area contributed by atoms with Gasteiger partial charge in [-0.1, -0.05) is 0 Å². The number of aliphatic hydroxyl groups excluding tert-OH is 13. The number of carboxylic acid groups (broad SMARTS) is 2. The molecule has 66 heavy (non-hydrogen) atoms. The Balaban J connectivity index is 1.66. The minimum absolute atomic E-state index is 0.786. The van der Waals surface area contributed by atoms with Gasteiger partial charge in [0, 0.05) is 33.6 Å². The maximum atomic E-state index is 13.1. The molecule has 4 heterocycles. The van der Waals surface area contributed by atoms with Crippen LogP contribution in [-0.4, -0.2) is 267 Å². The van der Waals surface area contributed by atoms with Crippen LogP contribution in [0.1, 0.15) is 33.6 Å². The molecule has 0 radical (unpaired) electrons. The predicted octanol–water partition coefficient (Wildman–Crippen LogP) is -10.9. The molecule has 0 aromatic carbocycles. The number of aliphatic hydroxyl groups is 13. The van der Waals surface area contributed by atoms with E-state index >= 15 is 0 Å². The maximum Gasteiger partial charge on any atom is 0.364 e. The first-order chi connectivity index (χ1) is 30.8. The molecule has 0 aliphatic carbocycles. The van der Waals surface area contributed by atoms with Gasteiger partial charge in [0.05, 0.1) is 50.7 Å². The summed E-state index contributed by atoms with van der Waals surface area (Å²) in [4.78, 5) is 61.9. The molecule has 4 saturated heterocycles. The van der Waals surface area contributed by atoms with Gasteiger partial charge in [0.25, 0.3) is 11.6 Å². The first-order valence-electron chi connectivity index (χ1n) is 20.3. The fourth-order valence-corrected chi connectivity index (χ4v) is 8.05. The smallest absolute Gasteiger partial charge is 0.364 e. The fourth-order valence-electron chi connectivity index (χ4n) is 8.05. The summed E-state index contributed by atoms with van der Waals surface area (Å²) in [6.45, 7) is -1.53. The average molecular weight is 966 g/mol. The van der Waals surface area contributed by atoms with Crippen LogP contribution in [0.25, 0.3) is 0 Å². The van der Waals surface area contributed by atoms with Crippen molar-refractivity contribution in [1.82, 2.24) is 16.0 Å². The summed E-state index contributed by atoms with van der Waals surface area (Å²) in [5.74, 6) is -13.1. The molecule has 30 heteroatoms.